The monoisotopic (exact) mass is 419 g/mol. The van der Waals surface area contributed by atoms with Gasteiger partial charge in [-0.25, -0.2) is 4.98 Å². The molecule has 0 radical (unpaired) electrons. The van der Waals surface area contributed by atoms with Crippen molar-refractivity contribution >= 4 is 17.5 Å². The number of aromatic nitrogens is 4. The number of benzene rings is 1. The van der Waals surface area contributed by atoms with Crippen molar-refractivity contribution in [2.75, 3.05) is 43.4 Å². The third-order valence-electron chi connectivity index (χ3n) is 4.98. The van der Waals surface area contributed by atoms with Crippen molar-refractivity contribution in [3.8, 4) is 11.9 Å². The zero-order valence-electron chi connectivity index (χ0n) is 17.7. The van der Waals surface area contributed by atoms with Crippen LogP contribution in [0, 0.1) is 0 Å². The van der Waals surface area contributed by atoms with Crippen molar-refractivity contribution in [3.05, 3.63) is 60.0 Å². The number of nitrogens with zero attached hydrogens (tertiary/aromatic N) is 6. The minimum atomic E-state index is -0.249. The quantitative estimate of drug-likeness (QED) is 0.651. The number of aryl methyl sites for hydroxylation is 1. The van der Waals surface area contributed by atoms with Gasteiger partial charge in [-0.05, 0) is 25.2 Å². The van der Waals surface area contributed by atoms with Crippen LogP contribution >= 0.6 is 0 Å². The minimum absolute atomic E-state index is 0.175. The highest BCUT2D eigenvalue weighted by molar-refractivity contribution is 6.04. The number of pyridine rings is 1. The first-order valence-electron chi connectivity index (χ1n) is 10.3. The summed E-state index contributed by atoms with van der Waals surface area (Å²) in [6.45, 7) is 5.57. The lowest BCUT2D eigenvalue weighted by molar-refractivity contribution is 0.102. The molecule has 1 aromatic carbocycles. The van der Waals surface area contributed by atoms with Gasteiger partial charge in [-0.15, -0.1) is 0 Å². The maximum absolute atomic E-state index is 12.6. The van der Waals surface area contributed by atoms with Gasteiger partial charge in [-0.2, -0.15) is 15.0 Å². The molecule has 1 saturated heterocycles. The molecule has 9 heteroatoms. The Morgan fingerprint density at radius 3 is 2.58 bits per heavy atom. The molecule has 1 fully saturated rings. The highest BCUT2D eigenvalue weighted by Gasteiger charge is 2.19. The fraction of sp³-hybridized carbons (Fsp3) is 0.318. The van der Waals surface area contributed by atoms with E-state index in [1.807, 2.05) is 37.3 Å². The second-order valence-corrected chi connectivity index (χ2v) is 7.28. The molecule has 1 aliphatic heterocycles. The van der Waals surface area contributed by atoms with Crippen LogP contribution in [0.15, 0.2) is 48.7 Å². The lowest BCUT2D eigenvalue weighted by atomic mass is 10.2. The van der Waals surface area contributed by atoms with Gasteiger partial charge in [0.05, 0.1) is 0 Å². The molecule has 9 nitrogen and oxygen atoms in total. The first kappa shape index (κ1) is 20.7. The highest BCUT2D eigenvalue weighted by atomic mass is 16.5. The summed E-state index contributed by atoms with van der Waals surface area (Å²) in [5.41, 5.74) is 1.14. The zero-order chi connectivity index (χ0) is 21.6. The molecule has 1 amide bonds. The molecular formula is C22H25N7O2. The van der Waals surface area contributed by atoms with Crippen molar-refractivity contribution in [3.63, 3.8) is 0 Å². The summed E-state index contributed by atoms with van der Waals surface area (Å²) in [7, 11) is 2.10. The molecule has 3 aromatic rings. The molecule has 0 unspecified atom stereocenters. The number of para-hydroxylation sites is 1. The van der Waals surface area contributed by atoms with Crippen LogP contribution in [-0.2, 0) is 6.42 Å². The Morgan fingerprint density at radius 2 is 1.84 bits per heavy atom. The smallest absolute Gasteiger partial charge is 0.328 e. The molecule has 0 aliphatic carbocycles. The molecule has 31 heavy (non-hydrogen) atoms. The lowest BCUT2D eigenvalue weighted by Gasteiger charge is -2.32. The topological polar surface area (TPSA) is 96.4 Å². The van der Waals surface area contributed by atoms with E-state index in [0.717, 1.165) is 26.2 Å². The van der Waals surface area contributed by atoms with Gasteiger partial charge in [-0.3, -0.25) is 4.79 Å². The minimum Gasteiger partial charge on any atom is -0.405 e. The van der Waals surface area contributed by atoms with Crippen LogP contribution in [0.3, 0.4) is 0 Å². The molecule has 160 valence electrons. The average Bonchev–Trinajstić information content (AvgIpc) is 2.80. The van der Waals surface area contributed by atoms with Crippen molar-refractivity contribution in [2.45, 2.75) is 13.3 Å². The maximum Gasteiger partial charge on any atom is 0.328 e. The van der Waals surface area contributed by atoms with Crippen LogP contribution in [0.5, 0.6) is 11.9 Å². The van der Waals surface area contributed by atoms with Crippen LogP contribution in [0.25, 0.3) is 0 Å². The Bertz CT molecular complexity index is 1040. The molecule has 2 aromatic heterocycles. The third kappa shape index (κ3) is 5.32. The van der Waals surface area contributed by atoms with Crippen LogP contribution in [0.2, 0.25) is 0 Å². The molecular weight excluding hydrogens is 394 g/mol. The Hall–Kier alpha value is -3.59. The van der Waals surface area contributed by atoms with E-state index in [-0.39, 0.29) is 17.8 Å². The van der Waals surface area contributed by atoms with Crippen molar-refractivity contribution in [1.29, 1.82) is 0 Å². The Morgan fingerprint density at radius 1 is 1.06 bits per heavy atom. The van der Waals surface area contributed by atoms with Crippen molar-refractivity contribution < 1.29 is 9.53 Å². The zero-order valence-corrected chi connectivity index (χ0v) is 17.7. The number of carbonyl (C=O) groups excluding carboxylic acids is 1. The number of piperazine rings is 1. The van der Waals surface area contributed by atoms with E-state index in [9.17, 15) is 4.79 Å². The number of anilines is 2. The molecule has 3 heterocycles. The second kappa shape index (κ2) is 9.48. The van der Waals surface area contributed by atoms with Crippen LogP contribution in [-0.4, -0.2) is 64.0 Å². The van der Waals surface area contributed by atoms with Crippen LogP contribution in [0.4, 0.5) is 11.6 Å². The number of carbonyl (C=O) groups is 1. The van der Waals surface area contributed by atoms with Gasteiger partial charge in [0.25, 0.3) is 5.91 Å². The fourth-order valence-electron chi connectivity index (χ4n) is 3.16. The van der Waals surface area contributed by atoms with E-state index in [0.29, 0.717) is 29.4 Å². The van der Waals surface area contributed by atoms with Gasteiger partial charge < -0.3 is 19.9 Å². The first-order valence-corrected chi connectivity index (χ1v) is 10.3. The summed E-state index contributed by atoms with van der Waals surface area (Å²) in [5, 5.41) is 2.85. The summed E-state index contributed by atoms with van der Waals surface area (Å²) in [5.74, 6) is 1.25. The molecule has 1 N–H and O–H groups in total. The predicted molar refractivity (Wildman–Crippen MR) is 118 cm³/mol. The highest BCUT2D eigenvalue weighted by Crippen LogP contribution is 2.20. The van der Waals surface area contributed by atoms with E-state index in [2.05, 4.69) is 42.1 Å². The van der Waals surface area contributed by atoms with E-state index < -0.39 is 0 Å². The number of rotatable bonds is 6. The van der Waals surface area contributed by atoms with Crippen molar-refractivity contribution in [1.82, 2.24) is 24.8 Å². The summed E-state index contributed by atoms with van der Waals surface area (Å²) in [6.07, 6.45) is 2.19. The molecule has 4 rings (SSSR count). The summed E-state index contributed by atoms with van der Waals surface area (Å²) in [4.78, 5) is 34.6. The van der Waals surface area contributed by atoms with E-state index in [4.69, 9.17) is 4.74 Å². The van der Waals surface area contributed by atoms with E-state index in [1.165, 1.54) is 6.20 Å². The maximum atomic E-state index is 12.6. The molecule has 0 atom stereocenters. The van der Waals surface area contributed by atoms with E-state index in [1.54, 1.807) is 12.1 Å². The summed E-state index contributed by atoms with van der Waals surface area (Å²) < 4.78 is 5.82. The SMILES string of the molecule is CCc1nc(Oc2cc(C(=O)Nc3ccccc3)ccn2)nc(N2CCN(C)CC2)n1. The fourth-order valence-corrected chi connectivity index (χ4v) is 3.16. The molecule has 0 bridgehead atoms. The van der Waals surface area contributed by atoms with Gasteiger partial charge in [0.1, 0.15) is 5.82 Å². The van der Waals surface area contributed by atoms with Crippen LogP contribution < -0.4 is 15.0 Å². The lowest BCUT2D eigenvalue weighted by Crippen LogP contribution is -2.45. The molecule has 1 aliphatic rings. The molecule has 0 saturated carbocycles. The number of hydrogen-bond acceptors (Lipinski definition) is 8. The van der Waals surface area contributed by atoms with Gasteiger partial charge >= 0.3 is 6.01 Å². The Labute approximate surface area is 181 Å². The number of hydrogen-bond donors (Lipinski definition) is 1. The normalized spacial score (nSPS) is 14.3. The second-order valence-electron chi connectivity index (χ2n) is 7.28. The van der Waals surface area contributed by atoms with E-state index >= 15 is 0 Å². The number of ether oxygens (including phenoxy) is 1. The standard InChI is InChI=1S/C22H25N7O2/c1-3-18-25-21(29-13-11-28(2)12-14-29)27-22(26-18)31-19-15-16(9-10-23-19)20(30)24-17-7-5-4-6-8-17/h4-10,15H,3,11-14H2,1-2H3,(H,24,30). The largest absolute Gasteiger partial charge is 0.405 e. The van der Waals surface area contributed by atoms with Crippen LogP contribution in [0.1, 0.15) is 23.1 Å². The third-order valence-corrected chi connectivity index (χ3v) is 4.98. The van der Waals surface area contributed by atoms with Gasteiger partial charge in [0.15, 0.2) is 0 Å². The van der Waals surface area contributed by atoms with Crippen molar-refractivity contribution in [2.24, 2.45) is 0 Å². The Kier molecular flexibility index (Phi) is 6.32. The Balaban J connectivity index is 1.51. The number of amides is 1. The summed E-state index contributed by atoms with van der Waals surface area (Å²) in [6, 6.07) is 12.6. The summed E-state index contributed by atoms with van der Waals surface area (Å²) >= 11 is 0. The first-order chi connectivity index (χ1) is 15.1. The van der Waals surface area contributed by atoms with Gasteiger partial charge in [0.2, 0.25) is 11.8 Å². The predicted octanol–water partition coefficient (Wildman–Crippen LogP) is 2.63. The molecule has 0 spiro atoms. The number of nitrogens with one attached hydrogen (secondary N) is 1. The number of likely N-dealkylation sites (N-methyl/N-ethyl adjacent to an activating group) is 1. The van der Waals surface area contributed by atoms with Gasteiger partial charge in [0, 0.05) is 56.1 Å². The van der Waals surface area contributed by atoms with Gasteiger partial charge in [-0.1, -0.05) is 25.1 Å². The average molecular weight is 419 g/mol.